The fourth-order valence-corrected chi connectivity index (χ4v) is 2.44. The van der Waals surface area contributed by atoms with Gasteiger partial charge in [-0.05, 0) is 24.6 Å². The second-order valence-electron chi connectivity index (χ2n) is 4.48. The molecule has 84 valence electrons. The summed E-state index contributed by atoms with van der Waals surface area (Å²) in [6.45, 7) is 5.40. The Kier molecular flexibility index (Phi) is 2.48. The Morgan fingerprint density at radius 3 is 3.00 bits per heavy atom. The Labute approximate surface area is 103 Å². The molecule has 3 rings (SSSR count). The van der Waals surface area contributed by atoms with Crippen LogP contribution in [-0.2, 0) is 6.54 Å². The number of hydrogen-bond donors (Lipinski definition) is 1. The number of nitrogens with one attached hydrogen (secondary N) is 1. The second kappa shape index (κ2) is 3.86. The van der Waals surface area contributed by atoms with Gasteiger partial charge in [0.1, 0.15) is 0 Å². The first kappa shape index (κ1) is 10.3. The van der Waals surface area contributed by atoms with Crippen molar-refractivity contribution < 1.29 is 0 Å². The molecular weight excluding hydrogens is 266 g/mol. The molecule has 1 fully saturated rings. The van der Waals surface area contributed by atoms with Gasteiger partial charge in [-0.1, -0.05) is 15.9 Å². The van der Waals surface area contributed by atoms with Crippen LogP contribution in [0.15, 0.2) is 22.8 Å². The van der Waals surface area contributed by atoms with E-state index >= 15 is 0 Å². The van der Waals surface area contributed by atoms with E-state index in [1.54, 1.807) is 0 Å². The lowest BCUT2D eigenvalue weighted by Crippen LogP contribution is -2.44. The van der Waals surface area contributed by atoms with Gasteiger partial charge in [0.2, 0.25) is 0 Å². The highest BCUT2D eigenvalue weighted by atomic mass is 79.9. The number of fused-ring (bicyclic) bond motifs is 1. The average Bonchev–Trinajstić information content (AvgIpc) is 2.61. The molecule has 2 heterocycles. The van der Waals surface area contributed by atoms with Crippen LogP contribution < -0.4 is 5.32 Å². The summed E-state index contributed by atoms with van der Waals surface area (Å²) in [6.07, 6.45) is 2.16. The van der Waals surface area contributed by atoms with Crippen molar-refractivity contribution in [3.63, 3.8) is 0 Å². The lowest BCUT2D eigenvalue weighted by atomic mass is 10.0. The Morgan fingerprint density at radius 1 is 1.50 bits per heavy atom. The molecule has 0 saturated carbocycles. The number of hydrogen-bond acceptors (Lipinski definition) is 2. The molecule has 0 radical (unpaired) electrons. The number of aryl methyl sites for hydroxylation is 1. The molecule has 0 spiro atoms. The molecule has 1 aliphatic rings. The second-order valence-corrected chi connectivity index (χ2v) is 5.33. The molecule has 1 aromatic carbocycles. The maximum absolute atomic E-state index is 4.60. The van der Waals surface area contributed by atoms with Gasteiger partial charge in [-0.3, -0.25) is 4.68 Å². The monoisotopic (exact) mass is 279 g/mol. The highest BCUT2D eigenvalue weighted by Gasteiger charge is 2.17. The van der Waals surface area contributed by atoms with Crippen LogP contribution in [-0.4, -0.2) is 22.9 Å². The van der Waals surface area contributed by atoms with E-state index in [4.69, 9.17) is 0 Å². The quantitative estimate of drug-likeness (QED) is 0.915. The summed E-state index contributed by atoms with van der Waals surface area (Å²) in [5.41, 5.74) is 2.36. The topological polar surface area (TPSA) is 29.9 Å². The summed E-state index contributed by atoms with van der Waals surface area (Å²) in [4.78, 5) is 0. The molecule has 1 N–H and O–H groups in total. The van der Waals surface area contributed by atoms with Crippen LogP contribution >= 0.6 is 15.9 Å². The van der Waals surface area contributed by atoms with Crippen molar-refractivity contribution in [3.05, 3.63) is 28.4 Å². The Morgan fingerprint density at radius 2 is 2.31 bits per heavy atom. The van der Waals surface area contributed by atoms with E-state index in [0.717, 1.165) is 35.5 Å². The molecule has 16 heavy (non-hydrogen) atoms. The van der Waals surface area contributed by atoms with Gasteiger partial charge >= 0.3 is 0 Å². The average molecular weight is 280 g/mol. The summed E-state index contributed by atoms with van der Waals surface area (Å²) in [5, 5.41) is 9.14. The molecule has 0 bridgehead atoms. The largest absolute Gasteiger partial charge is 0.316 e. The van der Waals surface area contributed by atoms with Crippen LogP contribution in [0.1, 0.15) is 5.56 Å². The molecule has 0 amide bonds. The molecule has 3 nitrogen and oxygen atoms in total. The minimum absolute atomic E-state index is 0.748. The van der Waals surface area contributed by atoms with Gasteiger partial charge < -0.3 is 5.32 Å². The van der Waals surface area contributed by atoms with E-state index in [1.165, 1.54) is 10.9 Å². The van der Waals surface area contributed by atoms with E-state index in [9.17, 15) is 0 Å². The smallest absolute Gasteiger partial charge is 0.0926 e. The number of halogens is 1. The summed E-state index contributed by atoms with van der Waals surface area (Å²) in [5.74, 6) is 0.748. The van der Waals surface area contributed by atoms with Crippen LogP contribution in [0, 0.1) is 12.8 Å². The van der Waals surface area contributed by atoms with Crippen molar-refractivity contribution in [3.8, 4) is 0 Å². The van der Waals surface area contributed by atoms with Crippen molar-refractivity contribution in [2.75, 3.05) is 13.1 Å². The Balaban J connectivity index is 1.98. The first-order chi connectivity index (χ1) is 7.74. The van der Waals surface area contributed by atoms with Crippen LogP contribution in [0.2, 0.25) is 0 Å². The van der Waals surface area contributed by atoms with Crippen molar-refractivity contribution in [2.45, 2.75) is 13.5 Å². The summed E-state index contributed by atoms with van der Waals surface area (Å²) >= 11 is 3.55. The molecule has 4 heteroatoms. The van der Waals surface area contributed by atoms with Gasteiger partial charge in [0, 0.05) is 41.6 Å². The zero-order valence-electron chi connectivity index (χ0n) is 9.20. The third-order valence-corrected chi connectivity index (χ3v) is 4.11. The first-order valence-electron chi connectivity index (χ1n) is 5.57. The zero-order valence-corrected chi connectivity index (χ0v) is 10.8. The molecule has 0 unspecified atom stereocenters. The molecular formula is C12H14BrN3. The minimum Gasteiger partial charge on any atom is -0.316 e. The highest BCUT2D eigenvalue weighted by molar-refractivity contribution is 9.10. The van der Waals surface area contributed by atoms with Gasteiger partial charge in [0.25, 0.3) is 0 Å². The molecule has 1 aliphatic heterocycles. The van der Waals surface area contributed by atoms with Crippen molar-refractivity contribution in [1.82, 2.24) is 15.1 Å². The minimum atomic E-state index is 0.748. The maximum atomic E-state index is 4.60. The van der Waals surface area contributed by atoms with Gasteiger partial charge in [0.05, 0.1) is 5.52 Å². The standard InChI is InChI=1S/C12H14BrN3/c1-8-10-7-16(6-9-4-14-5-9)15-12(10)3-2-11(8)13/h2-3,7,9,14H,4-6H2,1H3. The summed E-state index contributed by atoms with van der Waals surface area (Å²) in [7, 11) is 0. The van der Waals surface area contributed by atoms with E-state index in [0.29, 0.717) is 0 Å². The predicted octanol–water partition coefficient (Wildman–Crippen LogP) is 2.33. The molecule has 0 atom stereocenters. The third kappa shape index (κ3) is 1.66. The van der Waals surface area contributed by atoms with Crippen LogP contribution in [0.25, 0.3) is 10.9 Å². The van der Waals surface area contributed by atoms with Gasteiger partial charge in [0.15, 0.2) is 0 Å². The van der Waals surface area contributed by atoms with Crippen LogP contribution in [0.4, 0.5) is 0 Å². The first-order valence-corrected chi connectivity index (χ1v) is 6.36. The van der Waals surface area contributed by atoms with E-state index < -0.39 is 0 Å². The number of benzene rings is 1. The molecule has 2 aromatic rings. The van der Waals surface area contributed by atoms with E-state index in [-0.39, 0.29) is 0 Å². The Bertz CT molecular complexity index is 528. The third-order valence-electron chi connectivity index (χ3n) is 3.25. The van der Waals surface area contributed by atoms with Crippen molar-refractivity contribution >= 4 is 26.8 Å². The fraction of sp³-hybridized carbons (Fsp3) is 0.417. The molecule has 1 aromatic heterocycles. The normalized spacial score (nSPS) is 16.6. The lowest BCUT2D eigenvalue weighted by Gasteiger charge is -2.26. The molecule has 0 aliphatic carbocycles. The number of aromatic nitrogens is 2. The zero-order chi connectivity index (χ0) is 11.1. The lowest BCUT2D eigenvalue weighted by molar-refractivity contribution is 0.296. The SMILES string of the molecule is Cc1c(Br)ccc2nn(CC3CNC3)cc12. The van der Waals surface area contributed by atoms with E-state index in [2.05, 4.69) is 56.3 Å². The summed E-state index contributed by atoms with van der Waals surface area (Å²) in [6, 6.07) is 4.14. The van der Waals surface area contributed by atoms with Crippen molar-refractivity contribution in [2.24, 2.45) is 5.92 Å². The number of rotatable bonds is 2. The van der Waals surface area contributed by atoms with Crippen molar-refractivity contribution in [1.29, 1.82) is 0 Å². The van der Waals surface area contributed by atoms with Gasteiger partial charge in [-0.15, -0.1) is 0 Å². The van der Waals surface area contributed by atoms with Gasteiger partial charge in [-0.2, -0.15) is 5.10 Å². The van der Waals surface area contributed by atoms with E-state index in [1.807, 2.05) is 0 Å². The molecule has 1 saturated heterocycles. The highest BCUT2D eigenvalue weighted by Crippen LogP contribution is 2.25. The predicted molar refractivity (Wildman–Crippen MR) is 68.5 cm³/mol. The maximum Gasteiger partial charge on any atom is 0.0926 e. The summed E-state index contributed by atoms with van der Waals surface area (Å²) < 4.78 is 3.24. The van der Waals surface area contributed by atoms with Gasteiger partial charge in [-0.25, -0.2) is 0 Å². The van der Waals surface area contributed by atoms with Crippen LogP contribution in [0.3, 0.4) is 0 Å². The Hall–Kier alpha value is -0.870. The number of nitrogens with zero attached hydrogens (tertiary/aromatic N) is 2. The van der Waals surface area contributed by atoms with Crippen LogP contribution in [0.5, 0.6) is 0 Å². The fourth-order valence-electron chi connectivity index (χ4n) is 2.09.